The molecule has 4 heteroatoms. The zero-order valence-corrected chi connectivity index (χ0v) is 40.4. The van der Waals surface area contributed by atoms with Gasteiger partial charge in [0.15, 0.2) is 0 Å². The first-order chi connectivity index (χ1) is 29.6. The highest BCUT2D eigenvalue weighted by Gasteiger charge is 2.31. The second-order valence-electron chi connectivity index (χ2n) is 19.1. The molecule has 6 aromatic rings. The molecule has 0 aliphatic rings. The first-order valence-electron chi connectivity index (χ1n) is 22.2. The van der Waals surface area contributed by atoms with E-state index < -0.39 is 11.2 Å². The van der Waals surface area contributed by atoms with E-state index in [1.807, 2.05) is 12.2 Å². The van der Waals surface area contributed by atoms with Crippen molar-refractivity contribution in [3.63, 3.8) is 0 Å². The highest BCUT2D eigenvalue weighted by atomic mass is 16.5. The summed E-state index contributed by atoms with van der Waals surface area (Å²) < 4.78 is 26.6. The highest BCUT2D eigenvalue weighted by molar-refractivity contribution is 5.54. The lowest BCUT2D eigenvalue weighted by Crippen LogP contribution is -2.27. The van der Waals surface area contributed by atoms with E-state index in [0.717, 1.165) is 101 Å². The third-order valence-corrected chi connectivity index (χ3v) is 12.6. The molecule has 0 amide bonds. The molecule has 0 aliphatic carbocycles. The number of hydrogen-bond acceptors (Lipinski definition) is 4. The summed E-state index contributed by atoms with van der Waals surface area (Å²) in [6.07, 6.45) is 3.71. The molecule has 6 rings (SSSR count). The van der Waals surface area contributed by atoms with Crippen molar-refractivity contribution in [1.82, 2.24) is 0 Å². The molecule has 0 radical (unpaired) electrons. The maximum absolute atomic E-state index is 6.94. The predicted molar refractivity (Wildman–Crippen MR) is 265 cm³/mol. The van der Waals surface area contributed by atoms with Crippen LogP contribution < -0.4 is 18.9 Å². The molecule has 0 unspecified atom stereocenters. The molecule has 0 atom stereocenters. The van der Waals surface area contributed by atoms with E-state index >= 15 is 0 Å². The number of benzene rings is 6. The Kier molecular flexibility index (Phi) is 13.6. The van der Waals surface area contributed by atoms with Gasteiger partial charge in [-0.25, -0.2) is 0 Å². The van der Waals surface area contributed by atoms with Crippen LogP contribution in [0.25, 0.3) is 12.2 Å². The molecule has 0 saturated heterocycles. The number of hydrogen-bond donors (Lipinski definition) is 0. The van der Waals surface area contributed by atoms with Gasteiger partial charge in [-0.05, 0) is 196 Å². The van der Waals surface area contributed by atoms with Gasteiger partial charge in [0.1, 0.15) is 47.4 Å². The van der Waals surface area contributed by atoms with Gasteiger partial charge in [0.2, 0.25) is 0 Å². The van der Waals surface area contributed by atoms with Crippen LogP contribution >= 0.6 is 0 Å². The Morgan fingerprint density at radius 1 is 0.381 bits per heavy atom. The van der Waals surface area contributed by atoms with Crippen LogP contribution in [0.15, 0.2) is 110 Å². The van der Waals surface area contributed by atoms with E-state index in [9.17, 15) is 0 Å². The lowest BCUT2D eigenvalue weighted by atomic mass is 9.76. The zero-order valence-electron chi connectivity index (χ0n) is 40.4. The topological polar surface area (TPSA) is 36.9 Å². The standard InChI is InChI=1S/C59H68O4/c1-17-45-19-23-47(24-20-45)35-60-53-37(3)31-51(32-38(53)4)58(13,14)62-55-41(7)27-49(28-42(55)8)57(11,12)50-29-43(9)56(44(10)30-50)63-59(15,16)52-33-39(5)54(40(6)34-52)61-36-48-25-21-46(18-2)22-26-48/h17-34H,1-2,35-36H2,3-16H3. The van der Waals surface area contributed by atoms with Crippen molar-refractivity contribution < 1.29 is 18.9 Å². The van der Waals surface area contributed by atoms with E-state index in [1.54, 1.807) is 0 Å². The van der Waals surface area contributed by atoms with E-state index in [0.29, 0.717) is 13.2 Å². The zero-order chi connectivity index (χ0) is 46.0. The van der Waals surface area contributed by atoms with Crippen molar-refractivity contribution in [2.75, 3.05) is 0 Å². The molecule has 0 fully saturated rings. The van der Waals surface area contributed by atoms with E-state index in [-0.39, 0.29) is 5.41 Å². The first kappa shape index (κ1) is 46.5. The van der Waals surface area contributed by atoms with E-state index in [1.165, 1.54) is 11.1 Å². The Bertz CT molecular complexity index is 2360. The van der Waals surface area contributed by atoms with Gasteiger partial charge in [0.05, 0.1) is 0 Å². The van der Waals surface area contributed by atoms with Crippen LogP contribution in [0, 0.1) is 55.4 Å². The summed E-state index contributed by atoms with van der Waals surface area (Å²) in [6, 6.07) is 34.6. The summed E-state index contributed by atoms with van der Waals surface area (Å²) in [6.45, 7) is 39.0. The van der Waals surface area contributed by atoms with Gasteiger partial charge in [0.25, 0.3) is 0 Å². The molecule has 0 saturated carbocycles. The molecular formula is C59H68O4. The Morgan fingerprint density at radius 3 is 0.905 bits per heavy atom. The number of rotatable bonds is 16. The number of ether oxygens (including phenoxy) is 4. The van der Waals surface area contributed by atoms with Gasteiger partial charge in [-0.2, -0.15) is 0 Å². The van der Waals surface area contributed by atoms with E-state index in [4.69, 9.17) is 18.9 Å². The third kappa shape index (κ3) is 10.3. The van der Waals surface area contributed by atoms with Crippen molar-refractivity contribution in [2.24, 2.45) is 0 Å². The molecule has 0 aromatic heterocycles. The normalized spacial score (nSPS) is 11.9. The lowest BCUT2D eigenvalue weighted by molar-refractivity contribution is 0.106. The smallest absolute Gasteiger partial charge is 0.128 e. The Morgan fingerprint density at radius 2 is 0.635 bits per heavy atom. The summed E-state index contributed by atoms with van der Waals surface area (Å²) >= 11 is 0. The lowest BCUT2D eigenvalue weighted by Gasteiger charge is -2.33. The molecule has 0 N–H and O–H groups in total. The molecule has 0 aliphatic heterocycles. The van der Waals surface area contributed by atoms with Crippen LogP contribution in [-0.2, 0) is 29.8 Å². The van der Waals surface area contributed by atoms with Crippen molar-refractivity contribution in [3.8, 4) is 23.0 Å². The highest BCUT2D eigenvalue weighted by Crippen LogP contribution is 2.42. The van der Waals surface area contributed by atoms with Gasteiger partial charge in [0, 0.05) is 5.41 Å². The fraction of sp³-hybridized carbons (Fsp3) is 0.322. The maximum atomic E-state index is 6.94. The Balaban J connectivity index is 1.17. The minimum absolute atomic E-state index is 0.275. The summed E-state index contributed by atoms with van der Waals surface area (Å²) in [4.78, 5) is 0. The van der Waals surface area contributed by atoms with Crippen LogP contribution in [0.1, 0.15) is 131 Å². The molecule has 6 aromatic carbocycles. The van der Waals surface area contributed by atoms with Crippen LogP contribution in [0.5, 0.6) is 23.0 Å². The second-order valence-corrected chi connectivity index (χ2v) is 19.1. The molecule has 0 bridgehead atoms. The second kappa shape index (κ2) is 18.4. The third-order valence-electron chi connectivity index (χ3n) is 12.6. The summed E-state index contributed by atoms with van der Waals surface area (Å²) in [5.41, 5.74) is 16.5. The SMILES string of the molecule is C=Cc1ccc(COc2c(C)cc(C(C)(C)Oc3c(C)cc(C(C)(C)c4cc(C)c(OC(C)(C)c5cc(C)c(OCc6ccc(C=C)cc6)c(C)c5)c(C)c4)cc3C)cc2C)cc1. The van der Waals surface area contributed by atoms with Crippen LogP contribution in [-0.4, -0.2) is 0 Å². The molecule has 63 heavy (non-hydrogen) atoms. The fourth-order valence-electron chi connectivity index (χ4n) is 8.60. The summed E-state index contributed by atoms with van der Waals surface area (Å²) in [5, 5.41) is 0. The molecule has 328 valence electrons. The maximum Gasteiger partial charge on any atom is 0.128 e. The van der Waals surface area contributed by atoms with Crippen molar-refractivity contribution in [2.45, 2.75) is 127 Å². The first-order valence-corrected chi connectivity index (χ1v) is 22.2. The van der Waals surface area contributed by atoms with Gasteiger partial charge in [-0.3, -0.25) is 0 Å². The van der Waals surface area contributed by atoms with Crippen molar-refractivity contribution >= 4 is 12.2 Å². The van der Waals surface area contributed by atoms with Crippen molar-refractivity contribution in [3.05, 3.63) is 199 Å². The quantitative estimate of drug-likeness (QED) is 0.0973. The summed E-state index contributed by atoms with van der Waals surface area (Å²) in [7, 11) is 0. The van der Waals surface area contributed by atoms with Gasteiger partial charge < -0.3 is 18.9 Å². The summed E-state index contributed by atoms with van der Waals surface area (Å²) in [5.74, 6) is 3.67. The fourth-order valence-corrected chi connectivity index (χ4v) is 8.60. The Labute approximate surface area is 378 Å². The van der Waals surface area contributed by atoms with Crippen LogP contribution in [0.3, 0.4) is 0 Å². The van der Waals surface area contributed by atoms with Gasteiger partial charge >= 0.3 is 0 Å². The minimum Gasteiger partial charge on any atom is -0.488 e. The molecule has 0 heterocycles. The minimum atomic E-state index is -0.578. The average Bonchev–Trinajstić information content (AvgIpc) is 3.23. The van der Waals surface area contributed by atoms with Crippen LogP contribution in [0.2, 0.25) is 0 Å². The Hall–Kier alpha value is -6.00. The predicted octanol–water partition coefficient (Wildman–Crippen LogP) is 15.6. The van der Waals surface area contributed by atoms with Crippen molar-refractivity contribution in [1.29, 1.82) is 0 Å². The number of aryl methyl sites for hydroxylation is 8. The largest absolute Gasteiger partial charge is 0.488 e. The van der Waals surface area contributed by atoms with Gasteiger partial charge in [-0.15, -0.1) is 0 Å². The molecule has 0 spiro atoms. The van der Waals surface area contributed by atoms with E-state index in [2.05, 4.69) is 207 Å². The van der Waals surface area contributed by atoms with Crippen LogP contribution in [0.4, 0.5) is 0 Å². The average molecular weight is 841 g/mol. The molecule has 4 nitrogen and oxygen atoms in total. The van der Waals surface area contributed by atoms with Gasteiger partial charge in [-0.1, -0.05) is 112 Å². The monoisotopic (exact) mass is 841 g/mol. The molecular weight excluding hydrogens is 773 g/mol.